The Labute approximate surface area is 197 Å². The molecule has 0 N–H and O–H groups in total. The lowest BCUT2D eigenvalue weighted by Crippen LogP contribution is -2.38. The number of amides is 1. The lowest BCUT2D eigenvalue weighted by molar-refractivity contribution is 0.0258. The van der Waals surface area contributed by atoms with E-state index in [9.17, 15) is 4.79 Å². The molecule has 0 aliphatic carbocycles. The van der Waals surface area contributed by atoms with Crippen molar-refractivity contribution in [1.29, 1.82) is 0 Å². The number of rotatable bonds is 5. The number of hydrogen-bond acceptors (Lipinski definition) is 4. The van der Waals surface area contributed by atoms with Crippen molar-refractivity contribution in [3.05, 3.63) is 95.2 Å². The van der Waals surface area contributed by atoms with Gasteiger partial charge in [-0.3, -0.25) is 0 Å². The van der Waals surface area contributed by atoms with Crippen LogP contribution in [0.4, 0.5) is 10.6 Å². The highest BCUT2D eigenvalue weighted by Gasteiger charge is 2.25. The lowest BCUT2D eigenvalue weighted by Gasteiger charge is -2.26. The van der Waals surface area contributed by atoms with Gasteiger partial charge in [0.15, 0.2) is 0 Å². The van der Waals surface area contributed by atoms with Crippen LogP contribution in [-0.4, -0.2) is 34.7 Å². The van der Waals surface area contributed by atoms with E-state index in [1.807, 2.05) is 32.9 Å². The molecule has 1 aliphatic rings. The topological polar surface area (TPSA) is 45.7 Å². The Kier molecular flexibility index (Phi) is 6.97. The zero-order valence-corrected chi connectivity index (χ0v) is 19.8. The minimum atomic E-state index is -0.489. The molecular weight excluding hydrogens is 410 g/mol. The molecule has 33 heavy (non-hydrogen) atoms. The van der Waals surface area contributed by atoms with Gasteiger partial charge in [0.1, 0.15) is 11.4 Å². The van der Waals surface area contributed by atoms with Gasteiger partial charge in [-0.1, -0.05) is 66.7 Å². The van der Waals surface area contributed by atoms with Gasteiger partial charge in [0.25, 0.3) is 0 Å². The standard InChI is InChI=1S/C28H33N3O2/c1-28(2,3)33-27(32)30-18-16-24-14-15-26(29-25(24)17-19-30)31(20-22-10-6-4-7-11-22)21-23-12-8-5-9-13-23/h4-15H,16-21H2,1-3H3. The highest BCUT2D eigenvalue weighted by molar-refractivity contribution is 5.68. The van der Waals surface area contributed by atoms with Gasteiger partial charge in [-0.15, -0.1) is 0 Å². The Balaban J connectivity index is 1.54. The maximum absolute atomic E-state index is 12.6. The van der Waals surface area contributed by atoms with Crippen LogP contribution in [0.3, 0.4) is 0 Å². The first-order valence-corrected chi connectivity index (χ1v) is 11.7. The number of carbonyl (C=O) groups is 1. The van der Waals surface area contributed by atoms with E-state index in [2.05, 4.69) is 65.6 Å². The van der Waals surface area contributed by atoms with Crippen LogP contribution < -0.4 is 4.90 Å². The third-order valence-electron chi connectivity index (χ3n) is 5.73. The van der Waals surface area contributed by atoms with Crippen molar-refractivity contribution < 1.29 is 9.53 Å². The fourth-order valence-corrected chi connectivity index (χ4v) is 4.08. The summed E-state index contributed by atoms with van der Waals surface area (Å²) in [6, 6.07) is 25.3. The second kappa shape index (κ2) is 10.1. The largest absolute Gasteiger partial charge is 0.444 e. The number of carbonyl (C=O) groups excluding carboxylic acids is 1. The number of ether oxygens (including phenoxy) is 1. The average Bonchev–Trinajstić information content (AvgIpc) is 3.01. The molecule has 0 radical (unpaired) electrons. The third kappa shape index (κ3) is 6.35. The maximum Gasteiger partial charge on any atom is 0.410 e. The van der Waals surface area contributed by atoms with E-state index in [-0.39, 0.29) is 6.09 Å². The Hall–Kier alpha value is -3.34. The summed E-state index contributed by atoms with van der Waals surface area (Å²) in [5, 5.41) is 0. The smallest absolute Gasteiger partial charge is 0.410 e. The van der Waals surface area contributed by atoms with Gasteiger partial charge in [-0.05, 0) is 49.9 Å². The number of anilines is 1. The van der Waals surface area contributed by atoms with Crippen LogP contribution in [0.15, 0.2) is 72.8 Å². The number of hydrogen-bond donors (Lipinski definition) is 0. The number of pyridine rings is 1. The summed E-state index contributed by atoms with van der Waals surface area (Å²) in [7, 11) is 0. The predicted octanol–water partition coefficient (Wildman–Crippen LogP) is 5.62. The number of aromatic nitrogens is 1. The first-order valence-electron chi connectivity index (χ1n) is 11.7. The first kappa shape index (κ1) is 22.8. The van der Waals surface area contributed by atoms with Crippen molar-refractivity contribution in [2.45, 2.75) is 52.3 Å². The van der Waals surface area contributed by atoms with Gasteiger partial charge in [-0.2, -0.15) is 0 Å². The zero-order valence-electron chi connectivity index (χ0n) is 19.8. The molecule has 5 nitrogen and oxygen atoms in total. The second-order valence-electron chi connectivity index (χ2n) is 9.57. The Morgan fingerprint density at radius 1 is 0.879 bits per heavy atom. The highest BCUT2D eigenvalue weighted by Crippen LogP contribution is 2.23. The molecule has 0 atom stereocenters. The quantitative estimate of drug-likeness (QED) is 0.513. The van der Waals surface area contributed by atoms with Crippen LogP contribution in [0.1, 0.15) is 43.2 Å². The molecule has 1 aromatic heterocycles. The Morgan fingerprint density at radius 3 is 2.03 bits per heavy atom. The molecule has 0 spiro atoms. The molecule has 0 saturated carbocycles. The summed E-state index contributed by atoms with van der Waals surface area (Å²) < 4.78 is 5.58. The van der Waals surface area contributed by atoms with Crippen molar-refractivity contribution in [1.82, 2.24) is 9.88 Å². The van der Waals surface area contributed by atoms with Crippen molar-refractivity contribution >= 4 is 11.9 Å². The average molecular weight is 444 g/mol. The van der Waals surface area contributed by atoms with E-state index in [1.165, 1.54) is 16.7 Å². The van der Waals surface area contributed by atoms with Crippen LogP contribution in [0, 0.1) is 0 Å². The summed E-state index contributed by atoms with van der Waals surface area (Å²) in [6.45, 7) is 8.55. The molecular formula is C28H33N3O2. The van der Waals surface area contributed by atoms with E-state index >= 15 is 0 Å². The van der Waals surface area contributed by atoms with Crippen molar-refractivity contribution in [3.63, 3.8) is 0 Å². The van der Waals surface area contributed by atoms with Gasteiger partial charge in [0, 0.05) is 38.3 Å². The third-order valence-corrected chi connectivity index (χ3v) is 5.73. The number of fused-ring (bicyclic) bond motifs is 1. The zero-order chi connectivity index (χ0) is 23.3. The molecule has 0 unspecified atom stereocenters. The van der Waals surface area contributed by atoms with Crippen LogP contribution >= 0.6 is 0 Å². The fraction of sp³-hybridized carbons (Fsp3) is 0.357. The normalized spacial score (nSPS) is 13.7. The summed E-state index contributed by atoms with van der Waals surface area (Å²) in [5.74, 6) is 0.965. The second-order valence-corrected chi connectivity index (χ2v) is 9.57. The van der Waals surface area contributed by atoms with Gasteiger partial charge < -0.3 is 14.5 Å². The molecule has 1 amide bonds. The van der Waals surface area contributed by atoms with Crippen molar-refractivity contribution in [2.24, 2.45) is 0 Å². The Bertz CT molecular complexity index is 1020. The molecule has 1 aliphatic heterocycles. The fourth-order valence-electron chi connectivity index (χ4n) is 4.08. The molecule has 172 valence electrons. The van der Waals surface area contributed by atoms with E-state index in [1.54, 1.807) is 4.90 Å². The minimum Gasteiger partial charge on any atom is -0.444 e. The van der Waals surface area contributed by atoms with Crippen molar-refractivity contribution in [2.75, 3.05) is 18.0 Å². The van der Waals surface area contributed by atoms with Crippen LogP contribution in [0.25, 0.3) is 0 Å². The van der Waals surface area contributed by atoms with Crippen LogP contribution in [0.2, 0.25) is 0 Å². The molecule has 5 heteroatoms. The summed E-state index contributed by atoms with van der Waals surface area (Å²) in [6.07, 6.45) is 1.27. The van der Waals surface area contributed by atoms with Crippen LogP contribution in [0.5, 0.6) is 0 Å². The lowest BCUT2D eigenvalue weighted by atomic mass is 10.1. The highest BCUT2D eigenvalue weighted by atomic mass is 16.6. The Morgan fingerprint density at radius 2 is 1.45 bits per heavy atom. The van der Waals surface area contributed by atoms with Gasteiger partial charge in [0.2, 0.25) is 0 Å². The maximum atomic E-state index is 12.6. The molecule has 2 heterocycles. The monoisotopic (exact) mass is 443 g/mol. The van der Waals surface area contributed by atoms with Gasteiger partial charge in [-0.25, -0.2) is 9.78 Å². The molecule has 3 aromatic rings. The minimum absolute atomic E-state index is 0.245. The number of nitrogens with zero attached hydrogens (tertiary/aromatic N) is 3. The molecule has 0 fully saturated rings. The van der Waals surface area contributed by atoms with E-state index in [4.69, 9.17) is 9.72 Å². The van der Waals surface area contributed by atoms with Gasteiger partial charge in [0.05, 0.1) is 0 Å². The predicted molar refractivity (Wildman–Crippen MR) is 132 cm³/mol. The van der Waals surface area contributed by atoms with E-state index in [0.29, 0.717) is 13.1 Å². The summed E-state index contributed by atoms with van der Waals surface area (Å²) in [5.41, 5.74) is 4.30. The SMILES string of the molecule is CC(C)(C)OC(=O)N1CCc2ccc(N(Cc3ccccc3)Cc3ccccc3)nc2CC1. The molecule has 0 saturated heterocycles. The number of benzene rings is 2. The van der Waals surface area contributed by atoms with E-state index < -0.39 is 5.60 Å². The first-order chi connectivity index (χ1) is 15.9. The molecule has 2 aromatic carbocycles. The summed E-state index contributed by atoms with van der Waals surface area (Å²) in [4.78, 5) is 21.8. The molecule has 4 rings (SSSR count). The summed E-state index contributed by atoms with van der Waals surface area (Å²) >= 11 is 0. The molecule has 0 bridgehead atoms. The van der Waals surface area contributed by atoms with E-state index in [0.717, 1.165) is 37.4 Å². The van der Waals surface area contributed by atoms with Crippen molar-refractivity contribution in [3.8, 4) is 0 Å². The van der Waals surface area contributed by atoms with Crippen LogP contribution in [-0.2, 0) is 30.7 Å². The van der Waals surface area contributed by atoms with Gasteiger partial charge >= 0.3 is 6.09 Å².